The monoisotopic (exact) mass is 289 g/mol. The molecule has 0 radical (unpaired) electrons. The minimum atomic E-state index is -2.59. The van der Waals surface area contributed by atoms with Crippen molar-refractivity contribution >= 4 is 40.1 Å². The maximum Gasteiger partial charge on any atom is 0.327 e. The number of hydrogen-bond donors (Lipinski definition) is 0. The molecule has 0 atom stereocenters. The van der Waals surface area contributed by atoms with E-state index in [4.69, 9.17) is 25.4 Å². The van der Waals surface area contributed by atoms with Crippen LogP contribution in [-0.2, 0) is 32.0 Å². The fourth-order valence-electron chi connectivity index (χ4n) is 1.30. The molecule has 0 saturated carbocycles. The normalized spacial score (nSPS) is 12.1. The van der Waals surface area contributed by atoms with E-state index in [1.807, 2.05) is 24.3 Å². The number of fused-ring (bicyclic) bond motifs is 1. The molecule has 7 heteroatoms. The van der Waals surface area contributed by atoms with E-state index >= 15 is 0 Å². The van der Waals surface area contributed by atoms with Gasteiger partial charge >= 0.3 is 6.72 Å². The van der Waals surface area contributed by atoms with Crippen molar-refractivity contribution < 1.29 is 13.6 Å². The first-order valence-electron chi connectivity index (χ1n) is 4.87. The van der Waals surface area contributed by atoms with E-state index in [1.165, 1.54) is 14.2 Å². The van der Waals surface area contributed by atoms with Crippen molar-refractivity contribution in [2.75, 3.05) is 14.2 Å². The molecule has 92 valence electrons. The fourth-order valence-corrected chi connectivity index (χ4v) is 3.06. The highest BCUT2D eigenvalue weighted by molar-refractivity contribution is 8.07. The van der Waals surface area contributed by atoms with E-state index in [0.29, 0.717) is 6.61 Å². The van der Waals surface area contributed by atoms with E-state index < -0.39 is 6.72 Å². The Morgan fingerprint density at radius 3 is 2.65 bits per heavy atom. The zero-order chi connectivity index (χ0) is 12.3. The summed E-state index contributed by atoms with van der Waals surface area (Å²) in [5.41, 5.74) is 0.972. The number of thiazole rings is 1. The first-order chi connectivity index (χ1) is 8.17. The van der Waals surface area contributed by atoms with Crippen molar-refractivity contribution in [3.63, 3.8) is 0 Å². The summed E-state index contributed by atoms with van der Waals surface area (Å²) in [6.45, 7) is -2.27. The van der Waals surface area contributed by atoms with Gasteiger partial charge in [-0.15, -0.1) is 11.3 Å². The van der Waals surface area contributed by atoms with Crippen LogP contribution in [0.25, 0.3) is 10.2 Å². The summed E-state index contributed by atoms with van der Waals surface area (Å²) in [5.74, 6) is 0. The first kappa shape index (κ1) is 13.1. The van der Waals surface area contributed by atoms with Crippen LogP contribution in [0.1, 0.15) is 5.01 Å². The fraction of sp³-hybridized carbons (Fsp3) is 0.300. The Morgan fingerprint density at radius 2 is 2.00 bits per heavy atom. The van der Waals surface area contributed by atoms with Gasteiger partial charge in [-0.2, -0.15) is 0 Å². The summed E-state index contributed by atoms with van der Waals surface area (Å²) in [6.07, 6.45) is 0. The van der Waals surface area contributed by atoms with Gasteiger partial charge in [-0.3, -0.25) is 0 Å². The summed E-state index contributed by atoms with van der Waals surface area (Å²) in [5, 5.41) is 0.870. The molecule has 0 saturated heterocycles. The molecule has 0 N–H and O–H groups in total. The van der Waals surface area contributed by atoms with Crippen molar-refractivity contribution in [1.82, 2.24) is 4.98 Å². The highest BCUT2D eigenvalue weighted by Gasteiger charge is 2.17. The Labute approximate surface area is 109 Å². The largest absolute Gasteiger partial charge is 0.327 e. The van der Waals surface area contributed by atoms with Gasteiger partial charge in [0.15, 0.2) is 0 Å². The molecule has 2 rings (SSSR count). The Morgan fingerprint density at radius 1 is 1.29 bits per heavy atom. The predicted octanol–water partition coefficient (Wildman–Crippen LogP) is 3.33. The van der Waals surface area contributed by atoms with Gasteiger partial charge in [0, 0.05) is 14.2 Å². The number of nitrogens with zero attached hydrogens (tertiary/aromatic N) is 1. The lowest BCUT2D eigenvalue weighted by atomic mass is 10.3. The summed E-state index contributed by atoms with van der Waals surface area (Å²) < 4.78 is 16.7. The van der Waals surface area contributed by atoms with Crippen LogP contribution in [0.3, 0.4) is 0 Å². The maximum atomic E-state index is 5.47. The van der Waals surface area contributed by atoms with Crippen LogP contribution in [0.2, 0.25) is 0 Å². The summed E-state index contributed by atoms with van der Waals surface area (Å²) >= 11 is 6.69. The number of para-hydroxylation sites is 1. The van der Waals surface area contributed by atoms with E-state index in [-0.39, 0.29) is 0 Å². The van der Waals surface area contributed by atoms with Crippen LogP contribution in [0.4, 0.5) is 0 Å². The Bertz CT molecular complexity index is 516. The summed E-state index contributed by atoms with van der Waals surface area (Å²) in [6, 6.07) is 7.94. The Hall–Kier alpha value is -0.360. The molecular weight excluding hydrogens is 277 g/mol. The summed E-state index contributed by atoms with van der Waals surface area (Å²) in [7, 11) is 2.98. The highest BCUT2D eigenvalue weighted by atomic mass is 32.5. The zero-order valence-corrected chi connectivity index (χ0v) is 12.0. The van der Waals surface area contributed by atoms with Gasteiger partial charge < -0.3 is 13.6 Å². The van der Waals surface area contributed by atoms with Gasteiger partial charge in [-0.25, -0.2) is 4.98 Å². The third-order valence-electron chi connectivity index (χ3n) is 2.13. The van der Waals surface area contributed by atoms with Crippen molar-refractivity contribution in [1.29, 1.82) is 0 Å². The third-order valence-corrected chi connectivity index (χ3v) is 5.69. The molecule has 17 heavy (non-hydrogen) atoms. The lowest BCUT2D eigenvalue weighted by molar-refractivity contribution is 0.195. The average Bonchev–Trinajstić information content (AvgIpc) is 2.79. The minimum absolute atomic E-state index is 0.318. The summed E-state index contributed by atoms with van der Waals surface area (Å²) in [4.78, 5) is 4.44. The van der Waals surface area contributed by atoms with Crippen LogP contribution < -0.4 is 0 Å². The third kappa shape index (κ3) is 3.10. The number of aromatic nitrogens is 1. The second kappa shape index (κ2) is 5.52. The van der Waals surface area contributed by atoms with Crippen LogP contribution in [0.5, 0.6) is 0 Å². The van der Waals surface area contributed by atoms with Gasteiger partial charge in [0.2, 0.25) is 0 Å². The molecule has 0 unspecified atom stereocenters. The minimum Gasteiger partial charge on any atom is -0.312 e. The number of benzene rings is 1. The molecule has 4 nitrogen and oxygen atoms in total. The van der Waals surface area contributed by atoms with Gasteiger partial charge in [-0.1, -0.05) is 12.1 Å². The highest BCUT2D eigenvalue weighted by Crippen LogP contribution is 2.48. The maximum absolute atomic E-state index is 5.47. The topological polar surface area (TPSA) is 40.6 Å². The molecule has 1 heterocycles. The Kier molecular flexibility index (Phi) is 4.25. The smallest absolute Gasteiger partial charge is 0.312 e. The Balaban J connectivity index is 2.11. The van der Waals surface area contributed by atoms with E-state index in [9.17, 15) is 0 Å². The molecule has 1 aromatic heterocycles. The van der Waals surface area contributed by atoms with Gasteiger partial charge in [-0.05, 0) is 23.9 Å². The van der Waals surface area contributed by atoms with Gasteiger partial charge in [0.1, 0.15) is 11.6 Å². The van der Waals surface area contributed by atoms with Crippen molar-refractivity contribution in [2.45, 2.75) is 6.61 Å². The number of rotatable bonds is 5. The van der Waals surface area contributed by atoms with Crippen LogP contribution in [0.15, 0.2) is 24.3 Å². The second-order valence-corrected chi connectivity index (χ2v) is 7.50. The lowest BCUT2D eigenvalue weighted by Crippen LogP contribution is -1.94. The molecule has 0 bridgehead atoms. The van der Waals surface area contributed by atoms with E-state index in [0.717, 1.165) is 15.2 Å². The molecule has 0 spiro atoms. The zero-order valence-electron chi connectivity index (χ0n) is 9.45. The molecule has 0 amide bonds. The molecule has 0 aliphatic heterocycles. The standard InChI is InChI=1S/C10H12NO3PS2/c1-12-15(16,13-2)14-7-10-11-8-5-3-4-6-9(8)17-10/h3-6H,7H2,1-2H3. The quantitative estimate of drug-likeness (QED) is 0.790. The van der Waals surface area contributed by atoms with Crippen molar-refractivity contribution in [2.24, 2.45) is 0 Å². The lowest BCUT2D eigenvalue weighted by Gasteiger charge is -2.16. The van der Waals surface area contributed by atoms with E-state index in [2.05, 4.69) is 4.98 Å². The first-order valence-corrected chi connectivity index (χ1v) is 8.24. The van der Waals surface area contributed by atoms with Crippen LogP contribution in [0, 0.1) is 0 Å². The molecule has 2 aromatic rings. The van der Waals surface area contributed by atoms with Crippen LogP contribution in [-0.4, -0.2) is 19.2 Å². The van der Waals surface area contributed by atoms with Crippen molar-refractivity contribution in [3.8, 4) is 0 Å². The van der Waals surface area contributed by atoms with Crippen molar-refractivity contribution in [3.05, 3.63) is 29.3 Å². The van der Waals surface area contributed by atoms with Gasteiger partial charge in [0.05, 0.1) is 10.2 Å². The average molecular weight is 289 g/mol. The molecular formula is C10H12NO3PS2. The van der Waals surface area contributed by atoms with Gasteiger partial charge in [0.25, 0.3) is 0 Å². The SMILES string of the molecule is COP(=S)(OC)OCc1nc2ccccc2s1. The molecule has 0 aliphatic rings. The van der Waals surface area contributed by atoms with E-state index in [1.54, 1.807) is 11.3 Å². The predicted molar refractivity (Wildman–Crippen MR) is 72.7 cm³/mol. The molecule has 0 aliphatic carbocycles. The number of hydrogen-bond acceptors (Lipinski definition) is 6. The molecule has 0 fully saturated rings. The molecule has 1 aromatic carbocycles. The second-order valence-electron chi connectivity index (χ2n) is 3.16. The van der Waals surface area contributed by atoms with Crippen LogP contribution >= 0.6 is 18.1 Å².